The van der Waals surface area contributed by atoms with Gasteiger partial charge in [-0.15, -0.1) is 11.3 Å². The molecule has 7 nitrogen and oxygen atoms in total. The van der Waals surface area contributed by atoms with E-state index in [-0.39, 0.29) is 11.6 Å². The van der Waals surface area contributed by atoms with Crippen LogP contribution in [0.2, 0.25) is 0 Å². The van der Waals surface area contributed by atoms with Crippen molar-refractivity contribution in [3.8, 4) is 22.6 Å². The summed E-state index contributed by atoms with van der Waals surface area (Å²) in [6, 6.07) is 9.02. The Morgan fingerprint density at radius 2 is 2.00 bits per heavy atom. The van der Waals surface area contributed by atoms with E-state index in [0.29, 0.717) is 12.3 Å². The lowest BCUT2D eigenvalue weighted by molar-refractivity contribution is 0.0942. The van der Waals surface area contributed by atoms with Gasteiger partial charge >= 0.3 is 0 Å². The summed E-state index contributed by atoms with van der Waals surface area (Å²) in [4.78, 5) is 24.8. The molecule has 0 radical (unpaired) electrons. The van der Waals surface area contributed by atoms with Crippen molar-refractivity contribution in [1.82, 2.24) is 25.4 Å². The molecule has 128 valence electrons. The van der Waals surface area contributed by atoms with Crippen molar-refractivity contribution in [3.05, 3.63) is 71.2 Å². The Balaban J connectivity index is 1.40. The summed E-state index contributed by atoms with van der Waals surface area (Å²) in [5, 5.41) is 9.38. The summed E-state index contributed by atoms with van der Waals surface area (Å²) in [5.41, 5.74) is 2.84. The molecule has 0 spiro atoms. The first-order chi connectivity index (χ1) is 12.8. The van der Waals surface area contributed by atoms with E-state index in [9.17, 15) is 4.79 Å². The van der Waals surface area contributed by atoms with Crippen LogP contribution in [0.4, 0.5) is 0 Å². The van der Waals surface area contributed by atoms with Crippen LogP contribution in [0.25, 0.3) is 22.6 Å². The van der Waals surface area contributed by atoms with Crippen molar-refractivity contribution in [2.45, 2.75) is 6.54 Å². The van der Waals surface area contributed by atoms with Crippen molar-refractivity contribution in [2.24, 2.45) is 0 Å². The largest absolute Gasteiger partial charge is 0.355 e. The van der Waals surface area contributed by atoms with Crippen molar-refractivity contribution in [2.75, 3.05) is 0 Å². The number of thiazole rings is 1. The summed E-state index contributed by atoms with van der Waals surface area (Å²) in [6.45, 7) is 0.323. The van der Waals surface area contributed by atoms with Gasteiger partial charge in [0.1, 0.15) is 5.01 Å². The fraction of sp³-hybridized carbons (Fsp3) is 0.0556. The average molecular weight is 363 g/mol. The summed E-state index contributed by atoms with van der Waals surface area (Å²) < 4.78 is 5.22. The van der Waals surface area contributed by atoms with Crippen molar-refractivity contribution < 1.29 is 9.32 Å². The van der Waals surface area contributed by atoms with Gasteiger partial charge in [-0.25, -0.2) is 4.98 Å². The van der Waals surface area contributed by atoms with Gasteiger partial charge < -0.3 is 9.84 Å². The smallest absolute Gasteiger partial charge is 0.273 e. The zero-order valence-electron chi connectivity index (χ0n) is 13.5. The summed E-state index contributed by atoms with van der Waals surface area (Å²) in [6.07, 6.45) is 6.77. The zero-order valence-corrected chi connectivity index (χ0v) is 14.3. The molecule has 4 aromatic rings. The first kappa shape index (κ1) is 16.1. The van der Waals surface area contributed by atoms with Gasteiger partial charge in [-0.3, -0.25) is 14.8 Å². The molecule has 4 aromatic heterocycles. The lowest BCUT2D eigenvalue weighted by Gasteiger charge is -1.99. The number of nitrogens with zero attached hydrogens (tertiary/aromatic N) is 4. The Labute approximate surface area is 152 Å². The monoisotopic (exact) mass is 363 g/mol. The molecule has 0 aliphatic rings. The maximum Gasteiger partial charge on any atom is 0.273 e. The fourth-order valence-corrected chi connectivity index (χ4v) is 3.06. The molecule has 0 saturated heterocycles. The second-order valence-corrected chi connectivity index (χ2v) is 6.31. The van der Waals surface area contributed by atoms with Gasteiger partial charge in [-0.05, 0) is 24.3 Å². The Kier molecular flexibility index (Phi) is 4.48. The van der Waals surface area contributed by atoms with E-state index in [0.717, 1.165) is 21.8 Å². The van der Waals surface area contributed by atoms with E-state index in [2.05, 4.69) is 25.4 Å². The van der Waals surface area contributed by atoms with E-state index in [4.69, 9.17) is 4.52 Å². The molecule has 0 aliphatic carbocycles. The number of pyridine rings is 2. The molecule has 0 saturated carbocycles. The molecule has 0 fully saturated rings. The molecule has 0 unspecified atom stereocenters. The number of aromatic nitrogens is 4. The lowest BCUT2D eigenvalue weighted by atomic mass is 10.2. The van der Waals surface area contributed by atoms with Crippen LogP contribution >= 0.6 is 11.3 Å². The van der Waals surface area contributed by atoms with Gasteiger partial charge in [-0.1, -0.05) is 5.16 Å². The number of carbonyl (C=O) groups is 1. The van der Waals surface area contributed by atoms with E-state index >= 15 is 0 Å². The molecule has 1 amide bonds. The van der Waals surface area contributed by atoms with Crippen LogP contribution in [-0.2, 0) is 6.54 Å². The first-order valence-corrected chi connectivity index (χ1v) is 8.68. The van der Waals surface area contributed by atoms with E-state index in [1.54, 1.807) is 36.9 Å². The normalized spacial score (nSPS) is 10.6. The molecule has 0 aliphatic heterocycles. The molecule has 0 atom stereocenters. The Morgan fingerprint density at radius 1 is 1.12 bits per heavy atom. The topological polar surface area (TPSA) is 93.8 Å². The number of carbonyl (C=O) groups excluding carboxylic acids is 1. The molecule has 0 bridgehead atoms. The van der Waals surface area contributed by atoms with Gasteiger partial charge in [0, 0.05) is 47.4 Å². The molecule has 4 rings (SSSR count). The minimum atomic E-state index is -0.315. The van der Waals surface area contributed by atoms with Crippen LogP contribution in [-0.4, -0.2) is 26.0 Å². The maximum absolute atomic E-state index is 12.3. The van der Waals surface area contributed by atoms with Gasteiger partial charge in [0.2, 0.25) is 0 Å². The van der Waals surface area contributed by atoms with E-state index in [1.807, 2.05) is 23.6 Å². The van der Waals surface area contributed by atoms with Crippen LogP contribution in [0.5, 0.6) is 0 Å². The molecular formula is C18H13N5O2S. The number of amides is 1. The summed E-state index contributed by atoms with van der Waals surface area (Å²) in [5.74, 6) is 0.182. The second kappa shape index (κ2) is 7.24. The Bertz CT molecular complexity index is 1010. The Morgan fingerprint density at radius 3 is 2.81 bits per heavy atom. The van der Waals surface area contributed by atoms with Crippen LogP contribution < -0.4 is 5.32 Å². The lowest BCUT2D eigenvalue weighted by Crippen LogP contribution is -2.22. The maximum atomic E-state index is 12.3. The standard InChI is InChI=1S/C18H13N5O2S/c24-18(14-8-16(25-23-14)13-2-1-5-20-9-13)21-10-17-22-15(11-26-17)12-3-6-19-7-4-12/h1-9,11H,10H2,(H,21,24). The number of hydrogen-bond acceptors (Lipinski definition) is 7. The third-order valence-electron chi connectivity index (χ3n) is 3.62. The Hall–Kier alpha value is -3.39. The van der Waals surface area contributed by atoms with Gasteiger partial charge in [-0.2, -0.15) is 0 Å². The second-order valence-electron chi connectivity index (χ2n) is 5.36. The zero-order chi connectivity index (χ0) is 17.8. The van der Waals surface area contributed by atoms with Crippen LogP contribution in [0.1, 0.15) is 15.5 Å². The average Bonchev–Trinajstić information content (AvgIpc) is 3.37. The highest BCUT2D eigenvalue weighted by molar-refractivity contribution is 7.09. The predicted octanol–water partition coefficient (Wildman–Crippen LogP) is 3.19. The molecule has 4 heterocycles. The van der Waals surface area contributed by atoms with Crippen LogP contribution in [0, 0.1) is 0 Å². The van der Waals surface area contributed by atoms with E-state index < -0.39 is 0 Å². The quantitative estimate of drug-likeness (QED) is 0.585. The minimum absolute atomic E-state index is 0.217. The molecule has 0 aromatic carbocycles. The SMILES string of the molecule is O=C(NCc1nc(-c2ccncc2)cs1)c1cc(-c2cccnc2)on1. The molecule has 8 heteroatoms. The van der Waals surface area contributed by atoms with E-state index in [1.165, 1.54) is 11.3 Å². The third kappa shape index (κ3) is 3.50. The minimum Gasteiger partial charge on any atom is -0.355 e. The highest BCUT2D eigenvalue weighted by Crippen LogP contribution is 2.21. The fourth-order valence-electron chi connectivity index (χ4n) is 2.32. The number of hydrogen-bond donors (Lipinski definition) is 1. The van der Waals surface area contributed by atoms with Gasteiger partial charge in [0.25, 0.3) is 5.91 Å². The van der Waals surface area contributed by atoms with Gasteiger partial charge in [0.05, 0.1) is 12.2 Å². The number of rotatable bonds is 5. The highest BCUT2D eigenvalue weighted by atomic mass is 32.1. The molecular weight excluding hydrogens is 350 g/mol. The summed E-state index contributed by atoms with van der Waals surface area (Å²) in [7, 11) is 0. The molecule has 26 heavy (non-hydrogen) atoms. The van der Waals surface area contributed by atoms with Gasteiger partial charge in [0.15, 0.2) is 11.5 Å². The van der Waals surface area contributed by atoms with Crippen LogP contribution in [0.3, 0.4) is 0 Å². The molecule has 1 N–H and O–H groups in total. The third-order valence-corrected chi connectivity index (χ3v) is 4.47. The van der Waals surface area contributed by atoms with Crippen molar-refractivity contribution in [3.63, 3.8) is 0 Å². The van der Waals surface area contributed by atoms with Crippen molar-refractivity contribution >= 4 is 17.2 Å². The number of nitrogens with one attached hydrogen (secondary N) is 1. The summed E-state index contributed by atoms with van der Waals surface area (Å²) >= 11 is 1.49. The van der Waals surface area contributed by atoms with Crippen LogP contribution in [0.15, 0.2) is 65.0 Å². The highest BCUT2D eigenvalue weighted by Gasteiger charge is 2.14. The predicted molar refractivity (Wildman–Crippen MR) is 96.2 cm³/mol. The first-order valence-electron chi connectivity index (χ1n) is 7.80. The van der Waals surface area contributed by atoms with Crippen molar-refractivity contribution in [1.29, 1.82) is 0 Å².